The molecule has 0 N–H and O–H groups in total. The van der Waals surface area contributed by atoms with Gasteiger partial charge in [-0.05, 0) is 13.0 Å². The number of aromatic nitrogens is 3. The summed E-state index contributed by atoms with van der Waals surface area (Å²) in [5, 5.41) is 0. The number of fused-ring (bicyclic) bond motifs is 1. The Labute approximate surface area is 77.9 Å². The predicted molar refractivity (Wildman–Crippen MR) is 53.4 cm³/mol. The van der Waals surface area contributed by atoms with Crippen LogP contribution in [0.15, 0.2) is 24.7 Å². The van der Waals surface area contributed by atoms with Crippen molar-refractivity contribution >= 4 is 11.0 Å². The Kier molecular flexibility index (Phi) is 3.31. The van der Waals surface area contributed by atoms with E-state index in [2.05, 4.69) is 15.0 Å². The van der Waals surface area contributed by atoms with E-state index in [4.69, 9.17) is 0 Å². The van der Waals surface area contributed by atoms with E-state index in [-0.39, 0.29) is 0 Å². The van der Waals surface area contributed by atoms with Gasteiger partial charge in [0.25, 0.3) is 0 Å². The van der Waals surface area contributed by atoms with Crippen molar-refractivity contribution in [2.24, 2.45) is 0 Å². The summed E-state index contributed by atoms with van der Waals surface area (Å²) in [6.45, 7) is 5.92. The third-order valence-corrected chi connectivity index (χ3v) is 1.46. The van der Waals surface area contributed by atoms with Gasteiger partial charge >= 0.3 is 0 Å². The summed E-state index contributed by atoms with van der Waals surface area (Å²) in [6, 6.07) is 1.85. The summed E-state index contributed by atoms with van der Waals surface area (Å²) in [5.41, 5.74) is 2.67. The molecule has 2 aromatic heterocycles. The first-order valence-electron chi connectivity index (χ1n) is 4.39. The Morgan fingerprint density at radius 2 is 1.85 bits per heavy atom. The molecule has 0 amide bonds. The molecule has 0 fully saturated rings. The molecular formula is C10H13N3. The molecule has 0 bridgehead atoms. The van der Waals surface area contributed by atoms with Gasteiger partial charge in [-0.25, -0.2) is 4.98 Å². The summed E-state index contributed by atoms with van der Waals surface area (Å²) < 4.78 is 0. The molecule has 13 heavy (non-hydrogen) atoms. The van der Waals surface area contributed by atoms with Crippen molar-refractivity contribution in [2.45, 2.75) is 20.8 Å². The second-order valence-corrected chi connectivity index (χ2v) is 2.38. The van der Waals surface area contributed by atoms with Gasteiger partial charge in [0.2, 0.25) is 0 Å². The number of pyridine rings is 1. The molecule has 0 saturated carbocycles. The van der Waals surface area contributed by atoms with Gasteiger partial charge < -0.3 is 0 Å². The molecule has 0 aliphatic heterocycles. The maximum Gasteiger partial charge on any atom is 0.107 e. The Bertz CT molecular complexity index is 385. The van der Waals surface area contributed by atoms with Crippen LogP contribution in [0.1, 0.15) is 19.5 Å². The molecule has 0 spiro atoms. The highest BCUT2D eigenvalue weighted by atomic mass is 14.8. The summed E-state index contributed by atoms with van der Waals surface area (Å²) in [6.07, 6.45) is 5.18. The van der Waals surface area contributed by atoms with Gasteiger partial charge in [0, 0.05) is 12.4 Å². The van der Waals surface area contributed by atoms with Crippen LogP contribution in [0, 0.1) is 6.92 Å². The van der Waals surface area contributed by atoms with E-state index in [0.717, 1.165) is 16.7 Å². The van der Waals surface area contributed by atoms with Crippen molar-refractivity contribution in [3.05, 3.63) is 30.4 Å². The van der Waals surface area contributed by atoms with Gasteiger partial charge in [-0.1, -0.05) is 13.8 Å². The quantitative estimate of drug-likeness (QED) is 0.617. The van der Waals surface area contributed by atoms with Crippen molar-refractivity contribution in [1.29, 1.82) is 0 Å². The molecule has 3 nitrogen and oxygen atoms in total. The van der Waals surface area contributed by atoms with E-state index in [1.165, 1.54) is 0 Å². The smallest absolute Gasteiger partial charge is 0.107 e. The number of aryl methyl sites for hydroxylation is 1. The average molecular weight is 175 g/mol. The van der Waals surface area contributed by atoms with Crippen LogP contribution in [-0.4, -0.2) is 15.0 Å². The minimum atomic E-state index is 0.854. The third-order valence-electron chi connectivity index (χ3n) is 1.46. The molecule has 2 rings (SSSR count). The Balaban J connectivity index is 0.000000396. The highest BCUT2D eigenvalue weighted by Crippen LogP contribution is 2.05. The SMILES string of the molecule is CC.Cc1cnc2ccncc2n1. The fourth-order valence-electron chi connectivity index (χ4n) is 0.956. The van der Waals surface area contributed by atoms with E-state index in [9.17, 15) is 0 Å². The zero-order chi connectivity index (χ0) is 9.68. The van der Waals surface area contributed by atoms with E-state index in [0.29, 0.717) is 0 Å². The van der Waals surface area contributed by atoms with Crippen LogP contribution < -0.4 is 0 Å². The molecule has 0 unspecified atom stereocenters. The van der Waals surface area contributed by atoms with E-state index in [1.807, 2.05) is 26.8 Å². The summed E-state index contributed by atoms with van der Waals surface area (Å²) in [5.74, 6) is 0. The lowest BCUT2D eigenvalue weighted by atomic mass is 10.4. The van der Waals surface area contributed by atoms with Crippen molar-refractivity contribution in [2.75, 3.05) is 0 Å². The maximum atomic E-state index is 4.25. The molecule has 0 aliphatic carbocycles. The molecule has 68 valence electrons. The lowest BCUT2D eigenvalue weighted by Gasteiger charge is -1.94. The monoisotopic (exact) mass is 175 g/mol. The van der Waals surface area contributed by atoms with Crippen LogP contribution in [0.4, 0.5) is 0 Å². The second kappa shape index (κ2) is 4.50. The summed E-state index contributed by atoms with van der Waals surface area (Å²) >= 11 is 0. The molecular weight excluding hydrogens is 162 g/mol. The standard InChI is InChI=1S/C8H7N3.C2H6/c1-6-4-10-7-2-3-9-5-8(7)11-6;1-2/h2-5H,1H3;1-2H3. The normalized spacial score (nSPS) is 9.15. The largest absolute Gasteiger partial charge is 0.262 e. The molecule has 0 atom stereocenters. The molecule has 3 heteroatoms. The van der Waals surface area contributed by atoms with Crippen LogP contribution in [0.3, 0.4) is 0 Å². The Morgan fingerprint density at radius 1 is 1.08 bits per heavy atom. The van der Waals surface area contributed by atoms with E-state index < -0.39 is 0 Å². The minimum absolute atomic E-state index is 0.854. The zero-order valence-electron chi connectivity index (χ0n) is 8.15. The molecule has 2 heterocycles. The Morgan fingerprint density at radius 3 is 2.62 bits per heavy atom. The van der Waals surface area contributed by atoms with Crippen LogP contribution in [0.25, 0.3) is 11.0 Å². The number of hydrogen-bond donors (Lipinski definition) is 0. The lowest BCUT2D eigenvalue weighted by Crippen LogP contribution is -1.86. The summed E-state index contributed by atoms with van der Waals surface area (Å²) in [4.78, 5) is 12.4. The highest BCUT2D eigenvalue weighted by Gasteiger charge is 1.93. The predicted octanol–water partition coefficient (Wildman–Crippen LogP) is 2.36. The van der Waals surface area contributed by atoms with Crippen LogP contribution in [-0.2, 0) is 0 Å². The maximum absolute atomic E-state index is 4.25. The molecule has 0 aromatic carbocycles. The van der Waals surface area contributed by atoms with Gasteiger partial charge in [0.15, 0.2) is 0 Å². The first-order chi connectivity index (χ1) is 6.36. The Hall–Kier alpha value is -1.51. The number of rotatable bonds is 0. The van der Waals surface area contributed by atoms with E-state index in [1.54, 1.807) is 18.6 Å². The van der Waals surface area contributed by atoms with Crippen LogP contribution in [0.2, 0.25) is 0 Å². The van der Waals surface area contributed by atoms with Crippen molar-refractivity contribution < 1.29 is 0 Å². The number of hydrogen-bond acceptors (Lipinski definition) is 3. The fraction of sp³-hybridized carbons (Fsp3) is 0.300. The highest BCUT2D eigenvalue weighted by molar-refractivity contribution is 5.72. The van der Waals surface area contributed by atoms with Crippen LogP contribution >= 0.6 is 0 Å². The first-order valence-corrected chi connectivity index (χ1v) is 4.39. The molecule has 0 aliphatic rings. The van der Waals surface area contributed by atoms with Crippen molar-refractivity contribution in [3.63, 3.8) is 0 Å². The first kappa shape index (κ1) is 9.58. The van der Waals surface area contributed by atoms with Gasteiger partial charge in [0.1, 0.15) is 5.52 Å². The average Bonchev–Trinajstić information content (AvgIpc) is 2.21. The van der Waals surface area contributed by atoms with Crippen LogP contribution in [0.5, 0.6) is 0 Å². The van der Waals surface area contributed by atoms with Gasteiger partial charge in [-0.3, -0.25) is 9.97 Å². The fourth-order valence-corrected chi connectivity index (χ4v) is 0.956. The minimum Gasteiger partial charge on any atom is -0.262 e. The molecule has 2 aromatic rings. The molecule has 0 radical (unpaired) electrons. The number of nitrogens with zero attached hydrogens (tertiary/aromatic N) is 3. The second-order valence-electron chi connectivity index (χ2n) is 2.38. The van der Waals surface area contributed by atoms with Gasteiger partial charge in [-0.2, -0.15) is 0 Å². The topological polar surface area (TPSA) is 38.7 Å². The van der Waals surface area contributed by atoms with Crippen molar-refractivity contribution in [1.82, 2.24) is 15.0 Å². The zero-order valence-corrected chi connectivity index (χ0v) is 8.15. The van der Waals surface area contributed by atoms with Gasteiger partial charge in [-0.15, -0.1) is 0 Å². The lowest BCUT2D eigenvalue weighted by molar-refractivity contribution is 1.17. The third kappa shape index (κ3) is 2.21. The molecule has 0 saturated heterocycles. The van der Waals surface area contributed by atoms with E-state index >= 15 is 0 Å². The van der Waals surface area contributed by atoms with Gasteiger partial charge in [0.05, 0.1) is 17.4 Å². The summed E-state index contributed by atoms with van der Waals surface area (Å²) in [7, 11) is 0. The van der Waals surface area contributed by atoms with Crippen molar-refractivity contribution in [3.8, 4) is 0 Å².